The summed E-state index contributed by atoms with van der Waals surface area (Å²) >= 11 is 0. The van der Waals surface area contributed by atoms with Crippen LogP contribution >= 0.6 is 0 Å². The Hall–Kier alpha value is -2.18. The van der Waals surface area contributed by atoms with Crippen LogP contribution in [0.3, 0.4) is 0 Å². The Labute approximate surface area is 130 Å². The zero-order valence-corrected chi connectivity index (χ0v) is 12.8. The second-order valence-corrected chi connectivity index (χ2v) is 6.10. The van der Waals surface area contributed by atoms with Gasteiger partial charge in [0, 0.05) is 24.1 Å². The van der Waals surface area contributed by atoms with Gasteiger partial charge >= 0.3 is 6.18 Å². The quantitative estimate of drug-likeness (QED) is 0.920. The van der Waals surface area contributed by atoms with Crippen LogP contribution in [0.5, 0.6) is 5.75 Å². The zero-order chi connectivity index (χ0) is 16.8. The van der Waals surface area contributed by atoms with Crippen molar-refractivity contribution in [2.45, 2.75) is 20.0 Å². The lowest BCUT2D eigenvalue weighted by Gasteiger charge is -2.33. The Morgan fingerprint density at radius 2 is 2.04 bits per heavy atom. The number of aromatic amines is 1. The van der Waals surface area contributed by atoms with Gasteiger partial charge < -0.3 is 14.6 Å². The Kier molecular flexibility index (Phi) is 3.74. The number of H-pyrrole nitrogens is 1. The number of hydrogen-bond donors (Lipinski definition) is 1. The van der Waals surface area contributed by atoms with E-state index < -0.39 is 17.3 Å². The Morgan fingerprint density at radius 3 is 2.70 bits per heavy atom. The van der Waals surface area contributed by atoms with Gasteiger partial charge in [-0.25, -0.2) is 0 Å². The van der Waals surface area contributed by atoms with Crippen molar-refractivity contribution < 1.29 is 17.9 Å². The van der Waals surface area contributed by atoms with Gasteiger partial charge in [-0.15, -0.1) is 0 Å². The van der Waals surface area contributed by atoms with E-state index in [-0.39, 0.29) is 10.9 Å². The van der Waals surface area contributed by atoms with Crippen molar-refractivity contribution in [1.29, 1.82) is 0 Å². The molecule has 7 heteroatoms. The Balaban J connectivity index is 2.23. The van der Waals surface area contributed by atoms with Crippen LogP contribution < -0.4 is 15.2 Å². The molecule has 4 nitrogen and oxygen atoms in total. The second kappa shape index (κ2) is 5.47. The molecule has 1 aromatic carbocycles. The first-order valence-electron chi connectivity index (χ1n) is 7.41. The molecule has 2 heterocycles. The second-order valence-electron chi connectivity index (χ2n) is 6.10. The van der Waals surface area contributed by atoms with Crippen LogP contribution in [0.2, 0.25) is 0 Å². The van der Waals surface area contributed by atoms with E-state index in [1.807, 2.05) is 4.90 Å². The van der Waals surface area contributed by atoms with E-state index in [0.717, 1.165) is 6.54 Å². The lowest BCUT2D eigenvalue weighted by atomic mass is 10.1. The first-order valence-corrected chi connectivity index (χ1v) is 7.41. The molecule has 1 aliphatic heterocycles. The van der Waals surface area contributed by atoms with Crippen LogP contribution in [0.25, 0.3) is 10.9 Å². The zero-order valence-electron chi connectivity index (χ0n) is 12.8. The molecular formula is C16H17F3N2O2. The number of ether oxygens (including phenoxy) is 1. The van der Waals surface area contributed by atoms with E-state index in [2.05, 4.69) is 18.8 Å². The number of anilines is 1. The predicted molar refractivity (Wildman–Crippen MR) is 82.1 cm³/mol. The maximum atomic E-state index is 13.2. The van der Waals surface area contributed by atoms with Gasteiger partial charge in [0.15, 0.2) is 0 Å². The van der Waals surface area contributed by atoms with Crippen LogP contribution in [0.1, 0.15) is 19.4 Å². The summed E-state index contributed by atoms with van der Waals surface area (Å²) in [7, 11) is 0. The number of nitrogens with one attached hydrogen (secondary N) is 1. The van der Waals surface area contributed by atoms with Gasteiger partial charge in [0.2, 0.25) is 5.56 Å². The molecule has 0 atom stereocenters. The van der Waals surface area contributed by atoms with Crippen molar-refractivity contribution in [2.75, 3.05) is 24.6 Å². The highest BCUT2D eigenvalue weighted by atomic mass is 19.4. The lowest BCUT2D eigenvalue weighted by molar-refractivity contribution is -0.136. The van der Waals surface area contributed by atoms with E-state index >= 15 is 0 Å². The molecule has 0 spiro atoms. The van der Waals surface area contributed by atoms with Crippen molar-refractivity contribution in [2.24, 2.45) is 5.92 Å². The highest BCUT2D eigenvalue weighted by molar-refractivity contribution is 5.89. The molecule has 1 N–H and O–H groups in total. The fraction of sp³-hybridized carbons (Fsp3) is 0.438. The van der Waals surface area contributed by atoms with Crippen LogP contribution in [0.15, 0.2) is 23.0 Å². The number of fused-ring (bicyclic) bond motifs is 2. The number of rotatable bonds is 2. The molecule has 124 valence electrons. The molecule has 3 rings (SSSR count). The van der Waals surface area contributed by atoms with Gasteiger partial charge in [-0.3, -0.25) is 4.79 Å². The molecule has 0 unspecified atom stereocenters. The molecule has 0 fully saturated rings. The number of halogens is 3. The number of nitrogens with zero attached hydrogens (tertiary/aromatic N) is 1. The largest absolute Gasteiger partial charge is 0.489 e. The maximum Gasteiger partial charge on any atom is 0.417 e. The van der Waals surface area contributed by atoms with Gasteiger partial charge in [0.25, 0.3) is 0 Å². The average Bonchev–Trinajstić information content (AvgIpc) is 2.43. The molecule has 0 bridgehead atoms. The van der Waals surface area contributed by atoms with E-state index in [9.17, 15) is 18.0 Å². The fourth-order valence-electron chi connectivity index (χ4n) is 2.89. The fourth-order valence-corrected chi connectivity index (χ4v) is 2.89. The minimum absolute atomic E-state index is 0.0184. The normalized spacial score (nSPS) is 15.0. The van der Waals surface area contributed by atoms with Crippen LogP contribution in [-0.2, 0) is 6.18 Å². The predicted octanol–water partition coefficient (Wildman–Crippen LogP) is 3.40. The van der Waals surface area contributed by atoms with Crippen molar-refractivity contribution in [3.8, 4) is 5.75 Å². The topological polar surface area (TPSA) is 45.3 Å². The summed E-state index contributed by atoms with van der Waals surface area (Å²) in [6.45, 7) is 5.92. The molecule has 1 aliphatic rings. The van der Waals surface area contributed by atoms with E-state index in [4.69, 9.17) is 4.74 Å². The van der Waals surface area contributed by atoms with Gasteiger partial charge in [-0.2, -0.15) is 13.2 Å². The van der Waals surface area contributed by atoms with Crippen LogP contribution in [-0.4, -0.2) is 24.7 Å². The Bertz CT molecular complexity index is 796. The molecule has 0 radical (unpaired) electrons. The van der Waals surface area contributed by atoms with Gasteiger partial charge in [-0.05, 0) is 12.0 Å². The summed E-state index contributed by atoms with van der Waals surface area (Å²) < 4.78 is 45.3. The third kappa shape index (κ3) is 3.00. The van der Waals surface area contributed by atoms with Crippen molar-refractivity contribution in [3.05, 3.63) is 34.1 Å². The first kappa shape index (κ1) is 15.7. The standard InChI is InChI=1S/C16H17F3N2O2/c1-9(2)8-21-3-4-23-14-7-12-10(5-13(14)21)11(16(17,18)19)6-15(22)20-12/h5-7,9H,3-4,8H2,1-2H3,(H,20,22). The molecule has 0 saturated carbocycles. The number of aromatic nitrogens is 1. The van der Waals surface area contributed by atoms with Crippen LogP contribution in [0.4, 0.5) is 18.9 Å². The lowest BCUT2D eigenvalue weighted by Crippen LogP contribution is -2.35. The van der Waals surface area contributed by atoms with Gasteiger partial charge in [0.1, 0.15) is 12.4 Å². The summed E-state index contributed by atoms with van der Waals surface area (Å²) in [6.07, 6.45) is -4.58. The molecule has 0 aliphatic carbocycles. The minimum atomic E-state index is -4.58. The summed E-state index contributed by atoms with van der Waals surface area (Å²) in [5.74, 6) is 0.869. The monoisotopic (exact) mass is 326 g/mol. The highest BCUT2D eigenvalue weighted by Gasteiger charge is 2.34. The van der Waals surface area contributed by atoms with Gasteiger partial charge in [0.05, 0.1) is 23.3 Å². The van der Waals surface area contributed by atoms with Crippen molar-refractivity contribution in [1.82, 2.24) is 4.98 Å². The third-order valence-corrected chi connectivity index (χ3v) is 3.77. The number of benzene rings is 1. The molecular weight excluding hydrogens is 309 g/mol. The van der Waals surface area contributed by atoms with Crippen molar-refractivity contribution in [3.63, 3.8) is 0 Å². The molecule has 1 aromatic heterocycles. The molecule has 2 aromatic rings. The number of hydrogen-bond acceptors (Lipinski definition) is 3. The Morgan fingerprint density at radius 1 is 1.30 bits per heavy atom. The average molecular weight is 326 g/mol. The number of pyridine rings is 1. The van der Waals surface area contributed by atoms with E-state index in [1.165, 1.54) is 12.1 Å². The summed E-state index contributed by atoms with van der Waals surface area (Å²) in [6, 6.07) is 3.55. The SMILES string of the molecule is CC(C)CN1CCOc2cc3[nH]c(=O)cc(C(F)(F)F)c3cc21. The first-order chi connectivity index (χ1) is 10.8. The molecule has 0 amide bonds. The van der Waals surface area contributed by atoms with E-state index in [1.54, 1.807) is 0 Å². The van der Waals surface area contributed by atoms with Crippen molar-refractivity contribution >= 4 is 16.6 Å². The number of alkyl halides is 3. The third-order valence-electron chi connectivity index (χ3n) is 3.77. The maximum absolute atomic E-state index is 13.2. The van der Waals surface area contributed by atoms with Gasteiger partial charge in [-0.1, -0.05) is 13.8 Å². The summed E-state index contributed by atoms with van der Waals surface area (Å²) in [5.41, 5.74) is -0.932. The molecule has 23 heavy (non-hydrogen) atoms. The minimum Gasteiger partial charge on any atom is -0.489 e. The highest BCUT2D eigenvalue weighted by Crippen LogP contribution is 2.40. The summed E-state index contributed by atoms with van der Waals surface area (Å²) in [5, 5.41) is -0.0184. The smallest absolute Gasteiger partial charge is 0.417 e. The van der Waals surface area contributed by atoms with E-state index in [0.29, 0.717) is 36.6 Å². The summed E-state index contributed by atoms with van der Waals surface area (Å²) in [4.78, 5) is 16.0. The van der Waals surface area contributed by atoms with Crippen LogP contribution in [0, 0.1) is 5.92 Å². The molecule has 0 saturated heterocycles.